The molecule has 2 atom stereocenters. The molecule has 0 radical (unpaired) electrons. The lowest BCUT2D eigenvalue weighted by atomic mass is 9.86. The summed E-state index contributed by atoms with van der Waals surface area (Å²) in [4.78, 5) is 26.5. The molecule has 7 nitrogen and oxygen atoms in total. The van der Waals surface area contributed by atoms with Crippen LogP contribution >= 0.6 is 0 Å². The molecular formula is C13H22N4O3. The minimum absolute atomic E-state index is 0.177. The van der Waals surface area contributed by atoms with Crippen molar-refractivity contribution in [3.63, 3.8) is 0 Å². The van der Waals surface area contributed by atoms with Crippen LogP contribution in [-0.4, -0.2) is 38.6 Å². The normalized spacial score (nSPS) is 14.6. The molecule has 1 rings (SSSR count). The number of hydrogen-bond acceptors (Lipinski definition) is 4. The van der Waals surface area contributed by atoms with Gasteiger partial charge in [-0.1, -0.05) is 20.8 Å². The number of nitrogens with zero attached hydrogens (tertiary/aromatic N) is 2. The van der Waals surface area contributed by atoms with Crippen LogP contribution in [-0.2, 0) is 16.1 Å². The molecule has 0 aliphatic carbocycles. The molecular weight excluding hydrogens is 260 g/mol. The molecule has 0 aromatic carbocycles. The van der Waals surface area contributed by atoms with Gasteiger partial charge in [0.05, 0.1) is 24.8 Å². The second-order valence-corrected chi connectivity index (χ2v) is 5.89. The van der Waals surface area contributed by atoms with Crippen molar-refractivity contribution in [3.05, 3.63) is 18.7 Å². The molecule has 1 aromatic heterocycles. The third-order valence-corrected chi connectivity index (χ3v) is 3.05. The number of carbonyl (C=O) groups excluding carboxylic acids is 1. The van der Waals surface area contributed by atoms with Gasteiger partial charge < -0.3 is 20.7 Å². The number of aromatic nitrogens is 2. The number of imidazole rings is 1. The molecule has 7 heteroatoms. The quantitative estimate of drug-likeness (QED) is 0.691. The molecule has 0 saturated heterocycles. The van der Waals surface area contributed by atoms with Crippen LogP contribution < -0.4 is 11.1 Å². The van der Waals surface area contributed by atoms with Crippen molar-refractivity contribution < 1.29 is 14.7 Å². The van der Waals surface area contributed by atoms with Gasteiger partial charge in [0, 0.05) is 18.9 Å². The number of nitrogens with one attached hydrogen (secondary N) is 1. The summed E-state index contributed by atoms with van der Waals surface area (Å²) in [7, 11) is 0. The Balaban J connectivity index is 2.70. The number of rotatable bonds is 6. The van der Waals surface area contributed by atoms with E-state index < -0.39 is 17.9 Å². The monoisotopic (exact) mass is 282 g/mol. The highest BCUT2D eigenvalue weighted by molar-refractivity contribution is 5.86. The summed E-state index contributed by atoms with van der Waals surface area (Å²) in [6.07, 6.45) is 4.76. The van der Waals surface area contributed by atoms with Gasteiger partial charge in [0.25, 0.3) is 0 Å². The second-order valence-electron chi connectivity index (χ2n) is 5.89. The predicted octanol–water partition coefficient (Wildman–Crippen LogP) is 0.216. The lowest BCUT2D eigenvalue weighted by Crippen LogP contribution is -2.52. The third-order valence-electron chi connectivity index (χ3n) is 3.05. The minimum atomic E-state index is -1.09. The molecule has 1 amide bonds. The Morgan fingerprint density at radius 2 is 2.10 bits per heavy atom. The summed E-state index contributed by atoms with van der Waals surface area (Å²) >= 11 is 0. The fraction of sp³-hybridized carbons (Fsp3) is 0.615. The largest absolute Gasteiger partial charge is 0.481 e. The number of carboxylic acid groups (broad SMARTS) is 1. The zero-order chi connectivity index (χ0) is 15.3. The molecule has 1 heterocycles. The van der Waals surface area contributed by atoms with Gasteiger partial charge in [0.1, 0.15) is 0 Å². The average molecular weight is 282 g/mol. The summed E-state index contributed by atoms with van der Waals surface area (Å²) in [5.74, 6) is -1.54. The number of carbonyl (C=O) groups is 2. The van der Waals surface area contributed by atoms with E-state index in [0.717, 1.165) is 0 Å². The summed E-state index contributed by atoms with van der Waals surface area (Å²) in [5, 5.41) is 11.5. The first kappa shape index (κ1) is 16.2. The van der Waals surface area contributed by atoms with Crippen molar-refractivity contribution >= 4 is 11.9 Å². The molecule has 0 aliphatic heterocycles. The van der Waals surface area contributed by atoms with E-state index in [0.29, 0.717) is 6.54 Å². The van der Waals surface area contributed by atoms with Crippen molar-refractivity contribution in [2.75, 3.05) is 0 Å². The van der Waals surface area contributed by atoms with E-state index >= 15 is 0 Å². The Morgan fingerprint density at radius 3 is 2.55 bits per heavy atom. The van der Waals surface area contributed by atoms with Crippen LogP contribution in [0.5, 0.6) is 0 Å². The van der Waals surface area contributed by atoms with Crippen molar-refractivity contribution in [1.82, 2.24) is 14.9 Å². The molecule has 0 aliphatic rings. The van der Waals surface area contributed by atoms with Crippen LogP contribution in [0, 0.1) is 5.41 Å². The van der Waals surface area contributed by atoms with Crippen molar-refractivity contribution in [2.45, 2.75) is 45.8 Å². The van der Waals surface area contributed by atoms with Gasteiger partial charge in [0.2, 0.25) is 5.91 Å². The average Bonchev–Trinajstić information content (AvgIpc) is 2.78. The lowest BCUT2D eigenvalue weighted by molar-refractivity contribution is -0.139. The van der Waals surface area contributed by atoms with E-state index in [9.17, 15) is 9.59 Å². The van der Waals surface area contributed by atoms with Gasteiger partial charge in [-0.05, 0) is 5.41 Å². The van der Waals surface area contributed by atoms with Crippen LogP contribution in [0.25, 0.3) is 0 Å². The molecule has 0 spiro atoms. The Labute approximate surface area is 118 Å². The third kappa shape index (κ3) is 5.00. The molecule has 20 heavy (non-hydrogen) atoms. The van der Waals surface area contributed by atoms with Gasteiger partial charge in [-0.3, -0.25) is 9.59 Å². The predicted molar refractivity (Wildman–Crippen MR) is 73.8 cm³/mol. The first-order valence-corrected chi connectivity index (χ1v) is 6.43. The van der Waals surface area contributed by atoms with Crippen molar-refractivity contribution in [1.29, 1.82) is 0 Å². The molecule has 0 saturated carbocycles. The number of carboxylic acids is 1. The molecule has 2 unspecified atom stereocenters. The maximum absolute atomic E-state index is 11.9. The summed E-state index contributed by atoms with van der Waals surface area (Å²) in [6, 6.07) is -1.22. The van der Waals surface area contributed by atoms with E-state index in [-0.39, 0.29) is 17.9 Å². The molecule has 0 bridgehead atoms. The lowest BCUT2D eigenvalue weighted by Gasteiger charge is -2.32. The van der Waals surface area contributed by atoms with Crippen LogP contribution in [0.1, 0.15) is 27.2 Å². The van der Waals surface area contributed by atoms with Crippen LogP contribution in [0.2, 0.25) is 0 Å². The molecule has 0 fully saturated rings. The van der Waals surface area contributed by atoms with Gasteiger partial charge >= 0.3 is 5.97 Å². The Morgan fingerprint density at radius 1 is 1.45 bits per heavy atom. The summed E-state index contributed by atoms with van der Waals surface area (Å²) < 4.78 is 1.86. The Hall–Kier alpha value is -1.89. The number of hydrogen-bond donors (Lipinski definition) is 3. The van der Waals surface area contributed by atoms with Gasteiger partial charge in [-0.25, -0.2) is 4.98 Å². The maximum atomic E-state index is 11.9. The molecule has 1 aromatic rings. The number of aliphatic carboxylic acids is 1. The minimum Gasteiger partial charge on any atom is -0.481 e. The van der Waals surface area contributed by atoms with Crippen molar-refractivity contribution in [3.8, 4) is 0 Å². The van der Waals surface area contributed by atoms with Crippen LogP contribution in [0.4, 0.5) is 0 Å². The van der Waals surface area contributed by atoms with Crippen LogP contribution in [0.15, 0.2) is 18.7 Å². The zero-order valence-electron chi connectivity index (χ0n) is 12.0. The number of amides is 1. The molecule has 4 N–H and O–H groups in total. The van der Waals surface area contributed by atoms with Crippen LogP contribution in [0.3, 0.4) is 0 Å². The van der Waals surface area contributed by atoms with E-state index in [1.54, 1.807) is 12.5 Å². The smallest absolute Gasteiger partial charge is 0.305 e. The second kappa shape index (κ2) is 6.51. The van der Waals surface area contributed by atoms with Gasteiger partial charge in [-0.15, -0.1) is 0 Å². The SMILES string of the molecule is CC(C)(C)C(Cn1ccnc1)NC(=O)C(N)CC(=O)O. The summed E-state index contributed by atoms with van der Waals surface area (Å²) in [5.41, 5.74) is 5.38. The highest BCUT2D eigenvalue weighted by Crippen LogP contribution is 2.20. The van der Waals surface area contributed by atoms with Crippen molar-refractivity contribution in [2.24, 2.45) is 11.1 Å². The molecule has 112 valence electrons. The Kier molecular flexibility index (Phi) is 5.26. The highest BCUT2D eigenvalue weighted by atomic mass is 16.4. The zero-order valence-corrected chi connectivity index (χ0v) is 12.0. The van der Waals surface area contributed by atoms with E-state index in [1.807, 2.05) is 31.5 Å². The van der Waals surface area contributed by atoms with E-state index in [2.05, 4.69) is 10.3 Å². The first-order valence-electron chi connectivity index (χ1n) is 6.43. The number of nitrogens with two attached hydrogens (primary N) is 1. The summed E-state index contributed by atoms with van der Waals surface area (Å²) in [6.45, 7) is 6.54. The fourth-order valence-electron chi connectivity index (χ4n) is 1.70. The first-order chi connectivity index (χ1) is 9.20. The van der Waals surface area contributed by atoms with E-state index in [1.165, 1.54) is 0 Å². The fourth-order valence-corrected chi connectivity index (χ4v) is 1.70. The Bertz CT molecular complexity index is 451. The maximum Gasteiger partial charge on any atom is 0.305 e. The topological polar surface area (TPSA) is 110 Å². The van der Waals surface area contributed by atoms with Gasteiger partial charge in [0.15, 0.2) is 0 Å². The van der Waals surface area contributed by atoms with E-state index in [4.69, 9.17) is 10.8 Å². The highest BCUT2D eigenvalue weighted by Gasteiger charge is 2.28. The standard InChI is InChI=1S/C13H22N4O3/c1-13(2,3)10(7-17-5-4-15-8-17)16-12(20)9(14)6-11(18)19/h4-5,8-10H,6-7,14H2,1-3H3,(H,16,20)(H,18,19). The van der Waals surface area contributed by atoms with Gasteiger partial charge in [-0.2, -0.15) is 0 Å².